The van der Waals surface area contributed by atoms with Gasteiger partial charge in [-0.05, 0) is 18.9 Å². The van der Waals surface area contributed by atoms with Gasteiger partial charge in [0.25, 0.3) is 0 Å². The standard InChI is InChI=1S/C14H24O3/c1-5-6-17-14-12(9-15-3)7-11(2)8-13(14)10-16-4/h7-8,12,14H,5-6,9-10H2,1-4H3. The maximum Gasteiger partial charge on any atom is 0.0895 e. The molecule has 0 radical (unpaired) electrons. The van der Waals surface area contributed by atoms with E-state index in [1.165, 1.54) is 11.1 Å². The van der Waals surface area contributed by atoms with Crippen LogP contribution in [0.3, 0.4) is 0 Å². The third-order valence-electron chi connectivity index (χ3n) is 2.82. The van der Waals surface area contributed by atoms with Crippen molar-refractivity contribution in [2.75, 3.05) is 34.0 Å². The average molecular weight is 240 g/mol. The van der Waals surface area contributed by atoms with Crippen LogP contribution < -0.4 is 0 Å². The first-order chi connectivity index (χ1) is 8.22. The van der Waals surface area contributed by atoms with Gasteiger partial charge in [-0.2, -0.15) is 0 Å². The molecule has 0 fully saturated rings. The first kappa shape index (κ1) is 14.4. The number of rotatable bonds is 7. The summed E-state index contributed by atoms with van der Waals surface area (Å²) < 4.78 is 16.5. The molecule has 17 heavy (non-hydrogen) atoms. The fourth-order valence-electron chi connectivity index (χ4n) is 2.22. The zero-order chi connectivity index (χ0) is 12.7. The van der Waals surface area contributed by atoms with E-state index in [-0.39, 0.29) is 6.10 Å². The van der Waals surface area contributed by atoms with Crippen LogP contribution in [0.1, 0.15) is 20.3 Å². The molecule has 3 heteroatoms. The van der Waals surface area contributed by atoms with Crippen molar-refractivity contribution < 1.29 is 14.2 Å². The number of ether oxygens (including phenoxy) is 3. The van der Waals surface area contributed by atoms with Crippen LogP contribution in [-0.4, -0.2) is 40.1 Å². The summed E-state index contributed by atoms with van der Waals surface area (Å²) in [4.78, 5) is 0. The van der Waals surface area contributed by atoms with E-state index in [1.807, 2.05) is 0 Å². The molecule has 1 rings (SSSR count). The largest absolute Gasteiger partial charge is 0.384 e. The Labute approximate surface area is 104 Å². The predicted octanol–water partition coefficient (Wildman–Crippen LogP) is 2.58. The predicted molar refractivity (Wildman–Crippen MR) is 69.1 cm³/mol. The van der Waals surface area contributed by atoms with Crippen LogP contribution in [0.2, 0.25) is 0 Å². The summed E-state index contributed by atoms with van der Waals surface area (Å²) in [5.41, 5.74) is 2.47. The van der Waals surface area contributed by atoms with Gasteiger partial charge in [0.05, 0.1) is 19.3 Å². The first-order valence-electron chi connectivity index (χ1n) is 6.21. The van der Waals surface area contributed by atoms with Crippen LogP contribution in [0.15, 0.2) is 23.3 Å². The lowest BCUT2D eigenvalue weighted by Gasteiger charge is -2.30. The molecule has 0 aromatic rings. The molecule has 0 N–H and O–H groups in total. The van der Waals surface area contributed by atoms with E-state index in [9.17, 15) is 0 Å². The fourth-order valence-corrected chi connectivity index (χ4v) is 2.22. The van der Waals surface area contributed by atoms with Crippen LogP contribution in [0.4, 0.5) is 0 Å². The van der Waals surface area contributed by atoms with E-state index in [0.717, 1.165) is 13.0 Å². The number of hydrogen-bond donors (Lipinski definition) is 0. The lowest BCUT2D eigenvalue weighted by atomic mass is 9.88. The van der Waals surface area contributed by atoms with Crippen LogP contribution in [0.5, 0.6) is 0 Å². The summed E-state index contributed by atoms with van der Waals surface area (Å²) >= 11 is 0. The fraction of sp³-hybridized carbons (Fsp3) is 0.714. The van der Waals surface area contributed by atoms with E-state index >= 15 is 0 Å². The summed E-state index contributed by atoms with van der Waals surface area (Å²) in [6.07, 6.45) is 5.51. The smallest absolute Gasteiger partial charge is 0.0895 e. The SMILES string of the molecule is CCCOC1C(COC)=CC(C)=CC1COC. The molecule has 0 spiro atoms. The molecule has 3 nitrogen and oxygen atoms in total. The minimum absolute atomic E-state index is 0.0959. The van der Waals surface area contributed by atoms with Gasteiger partial charge in [0.1, 0.15) is 0 Å². The summed E-state index contributed by atoms with van der Waals surface area (Å²) in [7, 11) is 3.45. The Balaban J connectivity index is 2.78. The normalized spacial score (nSPS) is 24.5. The quantitative estimate of drug-likeness (QED) is 0.684. The highest BCUT2D eigenvalue weighted by atomic mass is 16.5. The van der Waals surface area contributed by atoms with E-state index in [0.29, 0.717) is 19.1 Å². The highest BCUT2D eigenvalue weighted by Gasteiger charge is 2.27. The highest BCUT2D eigenvalue weighted by molar-refractivity contribution is 5.32. The molecular weight excluding hydrogens is 216 g/mol. The van der Waals surface area contributed by atoms with Crippen molar-refractivity contribution in [3.63, 3.8) is 0 Å². The van der Waals surface area contributed by atoms with Crippen molar-refractivity contribution >= 4 is 0 Å². The molecule has 0 aliphatic heterocycles. The van der Waals surface area contributed by atoms with Gasteiger partial charge in [0.2, 0.25) is 0 Å². The third kappa shape index (κ3) is 4.26. The minimum atomic E-state index is 0.0959. The minimum Gasteiger partial charge on any atom is -0.384 e. The Morgan fingerprint density at radius 3 is 2.59 bits per heavy atom. The van der Waals surface area contributed by atoms with Crippen molar-refractivity contribution in [3.05, 3.63) is 23.3 Å². The average Bonchev–Trinajstić information content (AvgIpc) is 2.29. The molecule has 98 valence electrons. The molecule has 0 aromatic carbocycles. The van der Waals surface area contributed by atoms with Gasteiger partial charge < -0.3 is 14.2 Å². The number of hydrogen-bond acceptors (Lipinski definition) is 3. The Morgan fingerprint density at radius 1 is 1.24 bits per heavy atom. The lowest BCUT2D eigenvalue weighted by molar-refractivity contribution is 0.0143. The van der Waals surface area contributed by atoms with E-state index in [2.05, 4.69) is 26.0 Å². The molecule has 2 atom stereocenters. The Hall–Kier alpha value is -0.640. The van der Waals surface area contributed by atoms with Gasteiger partial charge in [-0.1, -0.05) is 24.6 Å². The lowest BCUT2D eigenvalue weighted by Crippen LogP contribution is -2.32. The van der Waals surface area contributed by atoms with Gasteiger partial charge >= 0.3 is 0 Å². The van der Waals surface area contributed by atoms with Crippen LogP contribution in [0.25, 0.3) is 0 Å². The van der Waals surface area contributed by atoms with Gasteiger partial charge in [-0.3, -0.25) is 0 Å². The topological polar surface area (TPSA) is 27.7 Å². The first-order valence-corrected chi connectivity index (χ1v) is 6.21. The molecule has 0 aromatic heterocycles. The third-order valence-corrected chi connectivity index (χ3v) is 2.82. The van der Waals surface area contributed by atoms with Crippen molar-refractivity contribution in [3.8, 4) is 0 Å². The maximum atomic E-state index is 5.94. The maximum absolute atomic E-state index is 5.94. The molecule has 1 aliphatic carbocycles. The molecule has 0 heterocycles. The molecular formula is C14H24O3. The summed E-state index contributed by atoms with van der Waals surface area (Å²) in [5, 5.41) is 0. The highest BCUT2D eigenvalue weighted by Crippen LogP contribution is 2.26. The van der Waals surface area contributed by atoms with E-state index in [4.69, 9.17) is 14.2 Å². The van der Waals surface area contributed by atoms with Crippen LogP contribution in [0, 0.1) is 5.92 Å². The van der Waals surface area contributed by atoms with Gasteiger partial charge in [-0.15, -0.1) is 0 Å². The van der Waals surface area contributed by atoms with Crippen molar-refractivity contribution in [2.45, 2.75) is 26.4 Å². The monoisotopic (exact) mass is 240 g/mol. The van der Waals surface area contributed by atoms with Crippen molar-refractivity contribution in [1.29, 1.82) is 0 Å². The number of methoxy groups -OCH3 is 2. The van der Waals surface area contributed by atoms with E-state index < -0.39 is 0 Å². The molecule has 1 aliphatic rings. The zero-order valence-corrected chi connectivity index (χ0v) is 11.4. The molecule has 0 bridgehead atoms. The van der Waals surface area contributed by atoms with Gasteiger partial charge in [0, 0.05) is 26.7 Å². The molecule has 2 unspecified atom stereocenters. The van der Waals surface area contributed by atoms with Gasteiger partial charge in [-0.25, -0.2) is 0 Å². The van der Waals surface area contributed by atoms with Gasteiger partial charge in [0.15, 0.2) is 0 Å². The Morgan fingerprint density at radius 2 is 2.00 bits per heavy atom. The van der Waals surface area contributed by atoms with Crippen LogP contribution >= 0.6 is 0 Å². The molecule has 0 amide bonds. The van der Waals surface area contributed by atoms with E-state index in [1.54, 1.807) is 14.2 Å². The second-order valence-corrected chi connectivity index (χ2v) is 4.47. The summed E-state index contributed by atoms with van der Waals surface area (Å²) in [6.45, 7) is 6.31. The zero-order valence-electron chi connectivity index (χ0n) is 11.4. The summed E-state index contributed by atoms with van der Waals surface area (Å²) in [6, 6.07) is 0. The van der Waals surface area contributed by atoms with Crippen molar-refractivity contribution in [2.24, 2.45) is 5.92 Å². The second kappa shape index (κ2) is 7.64. The van der Waals surface area contributed by atoms with Crippen LogP contribution in [-0.2, 0) is 14.2 Å². The Bertz CT molecular complexity index is 281. The second-order valence-electron chi connectivity index (χ2n) is 4.47. The summed E-state index contributed by atoms with van der Waals surface area (Å²) in [5.74, 6) is 0.293. The molecule has 0 saturated carbocycles. The Kier molecular flexibility index (Phi) is 6.48. The molecule has 0 saturated heterocycles. The number of allylic oxidation sites excluding steroid dienone is 2. The van der Waals surface area contributed by atoms with Crippen molar-refractivity contribution in [1.82, 2.24) is 0 Å².